The van der Waals surface area contributed by atoms with E-state index >= 15 is 0 Å². The molecule has 2 aliphatic rings. The van der Waals surface area contributed by atoms with E-state index in [0.717, 1.165) is 42.9 Å². The third-order valence-electron chi connectivity index (χ3n) is 5.19. The molecule has 148 valence electrons. The van der Waals surface area contributed by atoms with Crippen molar-refractivity contribution in [3.63, 3.8) is 0 Å². The fraction of sp³-hybridized carbons (Fsp3) is 0.450. The molecule has 28 heavy (non-hydrogen) atoms. The Kier molecular flexibility index (Phi) is 5.82. The minimum absolute atomic E-state index is 0.0633. The second kappa shape index (κ2) is 8.49. The molecule has 0 bridgehead atoms. The third-order valence-corrected chi connectivity index (χ3v) is 6.58. The van der Waals surface area contributed by atoms with Gasteiger partial charge in [0.25, 0.3) is 5.91 Å². The molecular weight excluding hydrogens is 396 g/mol. The first-order chi connectivity index (χ1) is 13.6. The number of halogens is 1. The van der Waals surface area contributed by atoms with Gasteiger partial charge in [-0.3, -0.25) is 4.79 Å². The molecular formula is C20H23ClN4O2S. The van der Waals surface area contributed by atoms with Crippen LogP contribution in [-0.2, 0) is 12.8 Å². The highest BCUT2D eigenvalue weighted by molar-refractivity contribution is 7.13. The number of fused-ring (bicyclic) bond motifs is 1. The number of urea groups is 1. The number of benzene rings is 1. The molecule has 1 saturated heterocycles. The van der Waals surface area contributed by atoms with E-state index in [-0.39, 0.29) is 11.9 Å². The van der Waals surface area contributed by atoms with Crippen molar-refractivity contribution in [2.45, 2.75) is 32.1 Å². The first-order valence-corrected chi connectivity index (χ1v) is 10.9. The summed E-state index contributed by atoms with van der Waals surface area (Å²) in [5, 5.41) is 4.09. The Balaban J connectivity index is 1.38. The fourth-order valence-electron chi connectivity index (χ4n) is 3.66. The third kappa shape index (κ3) is 4.31. The lowest BCUT2D eigenvalue weighted by Gasteiger charge is -2.25. The Bertz CT molecular complexity index is 853. The summed E-state index contributed by atoms with van der Waals surface area (Å²) < 4.78 is 0. The van der Waals surface area contributed by atoms with Gasteiger partial charge in [0.1, 0.15) is 0 Å². The van der Waals surface area contributed by atoms with Gasteiger partial charge in [-0.25, -0.2) is 9.78 Å². The lowest BCUT2D eigenvalue weighted by atomic mass is 10.1. The molecule has 0 unspecified atom stereocenters. The van der Waals surface area contributed by atoms with Gasteiger partial charge in [-0.05, 0) is 37.5 Å². The lowest BCUT2D eigenvalue weighted by Crippen LogP contribution is -2.37. The Morgan fingerprint density at radius 1 is 1.04 bits per heavy atom. The Morgan fingerprint density at radius 2 is 1.82 bits per heavy atom. The van der Waals surface area contributed by atoms with Crippen molar-refractivity contribution in [3.05, 3.63) is 44.9 Å². The number of thiazole rings is 1. The fourth-order valence-corrected chi connectivity index (χ4v) is 4.91. The molecule has 1 N–H and O–H groups in total. The van der Waals surface area contributed by atoms with Gasteiger partial charge in [-0.2, -0.15) is 0 Å². The number of aromatic nitrogens is 1. The van der Waals surface area contributed by atoms with Gasteiger partial charge in [0.2, 0.25) is 0 Å². The number of anilines is 1. The number of hydrogen-bond donors (Lipinski definition) is 1. The molecule has 0 aliphatic carbocycles. The van der Waals surface area contributed by atoms with Gasteiger partial charge in [0, 0.05) is 54.6 Å². The number of carbonyl (C=O) groups is 2. The van der Waals surface area contributed by atoms with E-state index in [2.05, 4.69) is 10.3 Å². The van der Waals surface area contributed by atoms with Crippen molar-refractivity contribution < 1.29 is 9.59 Å². The van der Waals surface area contributed by atoms with Crippen LogP contribution in [0.25, 0.3) is 0 Å². The number of nitrogens with zero attached hydrogens (tertiary/aromatic N) is 3. The van der Waals surface area contributed by atoms with Crippen molar-refractivity contribution in [2.75, 3.05) is 31.5 Å². The first kappa shape index (κ1) is 19.2. The molecule has 0 atom stereocenters. The molecule has 2 aromatic rings. The summed E-state index contributed by atoms with van der Waals surface area (Å²) in [7, 11) is 0. The first-order valence-electron chi connectivity index (χ1n) is 9.69. The zero-order valence-corrected chi connectivity index (χ0v) is 17.2. The summed E-state index contributed by atoms with van der Waals surface area (Å²) in [6, 6.07) is 6.99. The maximum Gasteiger partial charge on any atom is 0.321 e. The Labute approximate surface area is 173 Å². The number of rotatable bonds is 2. The monoisotopic (exact) mass is 418 g/mol. The number of hydrogen-bond acceptors (Lipinski definition) is 4. The van der Waals surface area contributed by atoms with Crippen LogP contribution in [0.15, 0.2) is 24.3 Å². The van der Waals surface area contributed by atoms with Crippen molar-refractivity contribution in [1.82, 2.24) is 14.8 Å². The van der Waals surface area contributed by atoms with Crippen LogP contribution in [0.5, 0.6) is 0 Å². The molecule has 0 radical (unpaired) electrons. The molecule has 8 heteroatoms. The zero-order chi connectivity index (χ0) is 19.5. The average molecular weight is 419 g/mol. The van der Waals surface area contributed by atoms with Crippen LogP contribution in [0.1, 0.15) is 39.6 Å². The number of nitrogens with one attached hydrogen (secondary N) is 1. The van der Waals surface area contributed by atoms with Crippen LogP contribution in [0, 0.1) is 0 Å². The summed E-state index contributed by atoms with van der Waals surface area (Å²) in [5.41, 5.74) is 1.65. The topological polar surface area (TPSA) is 65.5 Å². The predicted octanol–water partition coefficient (Wildman–Crippen LogP) is 4.06. The highest BCUT2D eigenvalue weighted by Gasteiger charge is 2.26. The van der Waals surface area contributed by atoms with Gasteiger partial charge in [-0.15, -0.1) is 11.3 Å². The van der Waals surface area contributed by atoms with Crippen LogP contribution in [0.2, 0.25) is 5.02 Å². The number of likely N-dealkylation sites (tertiary alicyclic amines) is 1. The van der Waals surface area contributed by atoms with E-state index in [0.29, 0.717) is 35.2 Å². The van der Waals surface area contributed by atoms with Crippen LogP contribution in [0.3, 0.4) is 0 Å². The maximum atomic E-state index is 12.7. The summed E-state index contributed by atoms with van der Waals surface area (Å²) >= 11 is 7.47. The van der Waals surface area contributed by atoms with Crippen LogP contribution < -0.4 is 5.32 Å². The molecule has 1 aromatic heterocycles. The van der Waals surface area contributed by atoms with Gasteiger partial charge < -0.3 is 15.1 Å². The smallest absolute Gasteiger partial charge is 0.321 e. The summed E-state index contributed by atoms with van der Waals surface area (Å²) in [5.74, 6) is 0.0633. The minimum atomic E-state index is -0.137. The van der Waals surface area contributed by atoms with Gasteiger partial charge in [-0.1, -0.05) is 17.7 Å². The molecule has 6 nitrogen and oxygen atoms in total. The molecule has 2 aliphatic heterocycles. The molecule has 0 spiro atoms. The predicted molar refractivity (Wildman–Crippen MR) is 111 cm³/mol. The summed E-state index contributed by atoms with van der Waals surface area (Å²) in [6.07, 6.45) is 4.75. The maximum absolute atomic E-state index is 12.7. The zero-order valence-electron chi connectivity index (χ0n) is 15.6. The molecule has 1 fully saturated rings. The number of piperidine rings is 1. The van der Waals surface area contributed by atoms with E-state index in [1.54, 1.807) is 17.0 Å². The lowest BCUT2D eigenvalue weighted by molar-refractivity contribution is 0.0723. The second-order valence-electron chi connectivity index (χ2n) is 7.17. The minimum Gasteiger partial charge on any atom is -0.337 e. The summed E-state index contributed by atoms with van der Waals surface area (Å²) in [6.45, 7) is 2.86. The molecule has 4 rings (SSSR count). The highest BCUT2D eigenvalue weighted by Crippen LogP contribution is 2.25. The summed E-state index contributed by atoms with van der Waals surface area (Å²) in [4.78, 5) is 34.7. The largest absolute Gasteiger partial charge is 0.337 e. The van der Waals surface area contributed by atoms with Crippen molar-refractivity contribution in [3.8, 4) is 0 Å². The van der Waals surface area contributed by atoms with E-state index in [1.807, 2.05) is 17.0 Å². The molecule has 3 amide bonds. The van der Waals surface area contributed by atoms with Gasteiger partial charge in [0.05, 0.1) is 5.69 Å². The number of carbonyl (C=O) groups excluding carboxylic acids is 2. The molecule has 0 saturated carbocycles. The number of amides is 3. The normalized spacial score (nSPS) is 17.0. The highest BCUT2D eigenvalue weighted by atomic mass is 35.5. The Morgan fingerprint density at radius 3 is 2.61 bits per heavy atom. The second-order valence-corrected chi connectivity index (χ2v) is 8.69. The van der Waals surface area contributed by atoms with E-state index < -0.39 is 0 Å². The van der Waals surface area contributed by atoms with Crippen molar-refractivity contribution in [2.24, 2.45) is 0 Å². The van der Waals surface area contributed by atoms with Crippen molar-refractivity contribution in [1.29, 1.82) is 0 Å². The van der Waals surface area contributed by atoms with Crippen molar-refractivity contribution >= 4 is 40.6 Å². The average Bonchev–Trinajstić information content (AvgIpc) is 3.01. The van der Waals surface area contributed by atoms with Gasteiger partial charge in [0.15, 0.2) is 5.01 Å². The van der Waals surface area contributed by atoms with Crippen LogP contribution >= 0.6 is 22.9 Å². The van der Waals surface area contributed by atoms with Gasteiger partial charge >= 0.3 is 6.03 Å². The molecule has 3 heterocycles. The van der Waals surface area contributed by atoms with Crippen LogP contribution in [0.4, 0.5) is 10.5 Å². The SMILES string of the molecule is O=C(Nc1cccc(Cl)c1)N1CCc2nc(C(=O)N3CCCCC3)sc2CC1. The molecule has 1 aromatic carbocycles. The van der Waals surface area contributed by atoms with E-state index in [4.69, 9.17) is 11.6 Å². The van der Waals surface area contributed by atoms with Crippen LogP contribution in [-0.4, -0.2) is 52.9 Å². The Hall–Kier alpha value is -2.12. The van der Waals surface area contributed by atoms with E-state index in [1.165, 1.54) is 17.8 Å². The standard InChI is InChI=1S/C20H23ClN4O2S/c21-14-5-4-6-15(13-14)22-20(27)25-11-7-16-17(8-12-25)28-18(23-16)19(26)24-9-2-1-3-10-24/h4-6,13H,1-3,7-12H2,(H,22,27). The van der Waals surface area contributed by atoms with E-state index in [9.17, 15) is 9.59 Å². The quantitative estimate of drug-likeness (QED) is 0.799.